The minimum atomic E-state index is -4.90. The number of ether oxygens (including phenoxy) is 2. The molecule has 2 heterocycles. The Kier molecular flexibility index (Phi) is 9.31. The number of methoxy groups -OCH3 is 2. The monoisotopic (exact) mass is 626 g/mol. The first-order valence-electron chi connectivity index (χ1n) is 14.0. The first kappa shape index (κ1) is 31.1. The van der Waals surface area contributed by atoms with E-state index in [1.165, 1.54) is 26.7 Å². The summed E-state index contributed by atoms with van der Waals surface area (Å²) in [7, 11) is -2.04. The average molecular weight is 627 g/mol. The first-order valence-corrected chi connectivity index (χ1v) is 15.4. The van der Waals surface area contributed by atoms with Gasteiger partial charge in [0.05, 0.1) is 27.0 Å². The normalized spacial score (nSPS) is 15.3. The van der Waals surface area contributed by atoms with E-state index in [1.807, 2.05) is 30.3 Å². The molecule has 0 bridgehead atoms. The molecular weight excluding hydrogens is 593 g/mol. The van der Waals surface area contributed by atoms with Gasteiger partial charge in [-0.25, -0.2) is 30.9 Å². The molecule has 1 aliphatic rings. The number of nitrogens with one attached hydrogen (secondary N) is 1. The third-order valence-electron chi connectivity index (χ3n) is 7.63. The number of benzene rings is 3. The minimum absolute atomic E-state index is 0.0412. The SMILES string of the molecule is COc1ccc(CN(c2ccc(F)cn2)S(=O)(=O)c2c(F)cc(N[C@H]3CCN(Cc4ccccc4)C3)c(C)c2F)c(OC)c1. The fraction of sp³-hybridized carbons (Fsp3) is 0.281. The summed E-state index contributed by atoms with van der Waals surface area (Å²) in [5.41, 5.74) is 1.66. The van der Waals surface area contributed by atoms with Gasteiger partial charge < -0.3 is 14.8 Å². The number of halogens is 3. The second kappa shape index (κ2) is 13.1. The standard InChI is InChI=1S/C32H33F3N4O4S/c1-21-28(37-25-13-14-38(20-25)18-22-7-5-4-6-8-22)16-27(34)32(31(21)35)44(40,41)39(30-12-10-24(33)17-36-30)19-23-9-11-26(42-2)15-29(23)43-3/h4-12,15-17,25,37H,13-14,18-20H2,1-3H3/t25-/m0/s1. The van der Waals surface area contributed by atoms with Gasteiger partial charge in [0.1, 0.15) is 29.0 Å². The van der Waals surface area contributed by atoms with Crippen LogP contribution in [0.4, 0.5) is 24.7 Å². The summed E-state index contributed by atoms with van der Waals surface area (Å²) in [5, 5.41) is 3.21. The van der Waals surface area contributed by atoms with Crippen LogP contribution in [0.2, 0.25) is 0 Å². The Morgan fingerprint density at radius 1 is 1.02 bits per heavy atom. The topological polar surface area (TPSA) is 84.0 Å². The maximum Gasteiger partial charge on any atom is 0.271 e. The Bertz CT molecular complexity index is 1720. The highest BCUT2D eigenvalue weighted by molar-refractivity contribution is 7.92. The Balaban J connectivity index is 1.45. The van der Waals surface area contributed by atoms with Crippen molar-refractivity contribution in [3.63, 3.8) is 0 Å². The van der Waals surface area contributed by atoms with E-state index in [9.17, 15) is 12.8 Å². The molecule has 0 saturated carbocycles. The van der Waals surface area contributed by atoms with Crippen molar-refractivity contribution >= 4 is 21.5 Å². The highest BCUT2D eigenvalue weighted by Gasteiger charge is 2.35. The van der Waals surface area contributed by atoms with Gasteiger partial charge in [0.15, 0.2) is 10.7 Å². The lowest BCUT2D eigenvalue weighted by Gasteiger charge is -2.26. The van der Waals surface area contributed by atoms with Crippen LogP contribution >= 0.6 is 0 Å². The summed E-state index contributed by atoms with van der Waals surface area (Å²) in [6, 6.07) is 17.8. The summed E-state index contributed by atoms with van der Waals surface area (Å²) in [5.74, 6) is -2.68. The Morgan fingerprint density at radius 2 is 1.80 bits per heavy atom. The van der Waals surface area contributed by atoms with E-state index in [4.69, 9.17) is 9.47 Å². The van der Waals surface area contributed by atoms with E-state index in [2.05, 4.69) is 15.2 Å². The molecule has 0 radical (unpaired) electrons. The zero-order valence-electron chi connectivity index (χ0n) is 24.6. The minimum Gasteiger partial charge on any atom is -0.497 e. The number of rotatable bonds is 11. The van der Waals surface area contributed by atoms with Crippen molar-refractivity contribution in [1.29, 1.82) is 0 Å². The number of likely N-dealkylation sites (tertiary alicyclic amines) is 1. The van der Waals surface area contributed by atoms with Gasteiger partial charge in [-0.15, -0.1) is 0 Å². The lowest BCUT2D eigenvalue weighted by molar-refractivity contribution is 0.328. The Morgan fingerprint density at radius 3 is 2.48 bits per heavy atom. The van der Waals surface area contributed by atoms with Gasteiger partial charge in [0, 0.05) is 48.6 Å². The maximum absolute atomic E-state index is 16.0. The van der Waals surface area contributed by atoms with E-state index in [1.54, 1.807) is 18.2 Å². The van der Waals surface area contributed by atoms with E-state index >= 15 is 8.78 Å². The first-order chi connectivity index (χ1) is 21.1. The third-order valence-corrected chi connectivity index (χ3v) is 9.41. The molecule has 0 aliphatic carbocycles. The lowest BCUT2D eigenvalue weighted by atomic mass is 10.1. The molecule has 1 aliphatic heterocycles. The summed E-state index contributed by atoms with van der Waals surface area (Å²) in [6.07, 6.45) is 1.58. The van der Waals surface area contributed by atoms with Gasteiger partial charge in [0.2, 0.25) is 0 Å². The molecule has 1 aromatic heterocycles. The number of sulfonamides is 1. The van der Waals surface area contributed by atoms with Crippen LogP contribution in [0.25, 0.3) is 0 Å². The van der Waals surface area contributed by atoms with Gasteiger partial charge in [0.25, 0.3) is 10.0 Å². The predicted octanol–water partition coefficient (Wildman–Crippen LogP) is 5.91. The van der Waals surface area contributed by atoms with Gasteiger partial charge in [-0.1, -0.05) is 30.3 Å². The number of hydrogen-bond acceptors (Lipinski definition) is 7. The summed E-state index contributed by atoms with van der Waals surface area (Å²) < 4.78 is 84.8. The average Bonchev–Trinajstić information content (AvgIpc) is 3.45. The van der Waals surface area contributed by atoms with Crippen LogP contribution in [0.1, 0.15) is 23.1 Å². The summed E-state index contributed by atoms with van der Waals surface area (Å²) in [6.45, 7) is 3.21. The van der Waals surface area contributed by atoms with Crippen molar-refractivity contribution < 1.29 is 31.1 Å². The summed E-state index contributed by atoms with van der Waals surface area (Å²) >= 11 is 0. The molecule has 4 aromatic rings. The van der Waals surface area contributed by atoms with Crippen molar-refractivity contribution in [2.75, 3.05) is 36.9 Å². The number of pyridine rings is 1. The number of nitrogens with zero attached hydrogens (tertiary/aromatic N) is 3. The molecule has 44 heavy (non-hydrogen) atoms. The number of aromatic nitrogens is 1. The Labute approximate surface area is 255 Å². The molecule has 0 amide bonds. The van der Waals surface area contributed by atoms with Crippen molar-refractivity contribution in [1.82, 2.24) is 9.88 Å². The molecule has 1 atom stereocenters. The Hall–Kier alpha value is -4.29. The molecule has 8 nitrogen and oxygen atoms in total. The van der Waals surface area contributed by atoms with Crippen LogP contribution in [0.5, 0.6) is 11.5 Å². The van der Waals surface area contributed by atoms with Crippen molar-refractivity contribution in [2.45, 2.75) is 37.4 Å². The van der Waals surface area contributed by atoms with Crippen LogP contribution in [0.3, 0.4) is 0 Å². The zero-order valence-corrected chi connectivity index (χ0v) is 25.4. The number of anilines is 2. The zero-order chi connectivity index (χ0) is 31.4. The van der Waals surface area contributed by atoms with Crippen LogP contribution in [-0.2, 0) is 23.1 Å². The summed E-state index contributed by atoms with van der Waals surface area (Å²) in [4.78, 5) is 5.02. The molecular formula is C32H33F3N4O4S. The maximum atomic E-state index is 16.0. The van der Waals surface area contributed by atoms with E-state index < -0.39 is 38.9 Å². The molecule has 3 aromatic carbocycles. The van der Waals surface area contributed by atoms with Gasteiger partial charge in [-0.2, -0.15) is 0 Å². The van der Waals surface area contributed by atoms with Crippen molar-refractivity contribution in [2.24, 2.45) is 0 Å². The molecule has 0 unspecified atom stereocenters. The molecule has 232 valence electrons. The van der Waals surface area contributed by atoms with Crippen LogP contribution in [0.15, 0.2) is 77.8 Å². The largest absolute Gasteiger partial charge is 0.497 e. The van der Waals surface area contributed by atoms with E-state index in [0.717, 1.165) is 48.2 Å². The number of hydrogen-bond donors (Lipinski definition) is 1. The van der Waals surface area contributed by atoms with E-state index in [-0.39, 0.29) is 28.9 Å². The molecule has 0 spiro atoms. The lowest BCUT2D eigenvalue weighted by Crippen LogP contribution is -2.33. The molecule has 12 heteroatoms. The van der Waals surface area contributed by atoms with E-state index in [0.29, 0.717) is 17.9 Å². The van der Waals surface area contributed by atoms with Crippen molar-refractivity contribution in [3.05, 3.63) is 107 Å². The fourth-order valence-corrected chi connectivity index (χ4v) is 6.86. The quantitative estimate of drug-likeness (QED) is 0.222. The van der Waals surface area contributed by atoms with Crippen LogP contribution in [-0.4, -0.2) is 51.7 Å². The third kappa shape index (κ3) is 6.61. The second-order valence-electron chi connectivity index (χ2n) is 10.5. The fourth-order valence-electron chi connectivity index (χ4n) is 5.29. The van der Waals surface area contributed by atoms with Gasteiger partial charge >= 0.3 is 0 Å². The smallest absolute Gasteiger partial charge is 0.271 e. The van der Waals surface area contributed by atoms with Gasteiger partial charge in [-0.05, 0) is 49.2 Å². The highest BCUT2D eigenvalue weighted by Crippen LogP contribution is 2.35. The highest BCUT2D eigenvalue weighted by atomic mass is 32.2. The molecule has 1 N–H and O–H groups in total. The molecule has 5 rings (SSSR count). The second-order valence-corrected chi connectivity index (χ2v) is 12.3. The van der Waals surface area contributed by atoms with Crippen molar-refractivity contribution in [3.8, 4) is 11.5 Å². The van der Waals surface area contributed by atoms with Crippen LogP contribution in [0, 0.1) is 24.4 Å². The van der Waals surface area contributed by atoms with Crippen LogP contribution < -0.4 is 19.1 Å². The predicted molar refractivity (Wildman–Crippen MR) is 162 cm³/mol. The molecule has 1 fully saturated rings. The molecule has 1 saturated heterocycles. The van der Waals surface area contributed by atoms with Gasteiger partial charge in [-0.3, -0.25) is 4.90 Å².